The summed E-state index contributed by atoms with van der Waals surface area (Å²) in [7, 11) is 1.73. The minimum Gasteiger partial charge on any atom is -1.00 e. The first-order valence-electron chi connectivity index (χ1n) is 6.03. The number of pyridine rings is 1. The van der Waals surface area contributed by atoms with Gasteiger partial charge in [-0.25, -0.2) is 4.57 Å². The number of unbranched alkanes of at least 4 members (excludes halogenated alkanes) is 1. The molecule has 4 nitrogen and oxygen atoms in total. The van der Waals surface area contributed by atoms with Crippen LogP contribution in [-0.2, 0) is 11.3 Å². The lowest BCUT2D eigenvalue weighted by Crippen LogP contribution is -3.00. The smallest absolute Gasteiger partial charge is 0.222 e. The van der Waals surface area contributed by atoms with Crippen molar-refractivity contribution < 1.29 is 31.4 Å². The van der Waals surface area contributed by atoms with Crippen LogP contribution >= 0.6 is 0 Å². The average Bonchev–Trinajstić information content (AvgIpc) is 2.36. The highest BCUT2D eigenvalue weighted by atomic mass is 79.9. The number of carbonyl (C=O) groups is 1. The Bertz CT molecular complexity index is 333. The third-order valence-corrected chi connectivity index (χ3v) is 2.70. The molecule has 0 saturated heterocycles. The molecule has 0 bridgehead atoms. The Morgan fingerprint density at radius 3 is 2.50 bits per heavy atom. The van der Waals surface area contributed by atoms with Crippen LogP contribution in [0.4, 0.5) is 0 Å². The molecule has 1 rings (SSSR count). The standard InChI is InChI=1S/C13H21N2O2.BrH/c1-14(11-12-16)13(17)7-3-6-10-15-8-4-2-5-9-15;/h2,4-5,8-9,16H,3,6-7,10-12H2,1H3;1H/q+1;/p-1. The summed E-state index contributed by atoms with van der Waals surface area (Å²) in [6.45, 7) is 1.40. The van der Waals surface area contributed by atoms with Crippen LogP contribution in [-0.4, -0.2) is 36.1 Å². The summed E-state index contributed by atoms with van der Waals surface area (Å²) in [5, 5.41) is 8.71. The van der Waals surface area contributed by atoms with Gasteiger partial charge in [-0.1, -0.05) is 6.07 Å². The summed E-state index contributed by atoms with van der Waals surface area (Å²) < 4.78 is 2.11. The van der Waals surface area contributed by atoms with Crippen molar-refractivity contribution in [2.45, 2.75) is 25.8 Å². The zero-order valence-corrected chi connectivity index (χ0v) is 12.3. The predicted octanol–water partition coefficient (Wildman–Crippen LogP) is -2.40. The summed E-state index contributed by atoms with van der Waals surface area (Å²) >= 11 is 0. The number of hydrogen-bond donors (Lipinski definition) is 1. The lowest BCUT2D eigenvalue weighted by atomic mass is 10.2. The molecule has 0 spiro atoms. The quantitative estimate of drug-likeness (QED) is 0.450. The lowest BCUT2D eigenvalue weighted by molar-refractivity contribution is -0.697. The predicted molar refractivity (Wildman–Crippen MR) is 65.2 cm³/mol. The van der Waals surface area contributed by atoms with E-state index in [2.05, 4.69) is 4.57 Å². The van der Waals surface area contributed by atoms with Gasteiger partial charge in [-0.15, -0.1) is 0 Å². The molecular formula is C13H21BrN2O2. The highest BCUT2D eigenvalue weighted by molar-refractivity contribution is 5.75. The molecule has 0 aliphatic rings. The molecule has 102 valence electrons. The third kappa shape index (κ3) is 6.71. The minimum absolute atomic E-state index is 0. The van der Waals surface area contributed by atoms with Crippen LogP contribution in [0.2, 0.25) is 0 Å². The van der Waals surface area contributed by atoms with E-state index in [4.69, 9.17) is 5.11 Å². The number of amides is 1. The van der Waals surface area contributed by atoms with Gasteiger partial charge in [-0.2, -0.15) is 0 Å². The molecule has 0 unspecified atom stereocenters. The number of hydrogen-bond acceptors (Lipinski definition) is 2. The van der Waals surface area contributed by atoms with Crippen molar-refractivity contribution in [3.63, 3.8) is 0 Å². The van der Waals surface area contributed by atoms with Gasteiger partial charge in [0.05, 0.1) is 6.61 Å². The Morgan fingerprint density at radius 2 is 1.89 bits per heavy atom. The van der Waals surface area contributed by atoms with Gasteiger partial charge < -0.3 is 27.0 Å². The first kappa shape index (κ1) is 17.1. The van der Waals surface area contributed by atoms with Crippen LogP contribution in [0.1, 0.15) is 19.3 Å². The lowest BCUT2D eigenvalue weighted by Gasteiger charge is -2.14. The maximum atomic E-state index is 11.6. The van der Waals surface area contributed by atoms with Gasteiger partial charge >= 0.3 is 0 Å². The fraction of sp³-hybridized carbons (Fsp3) is 0.538. The molecule has 1 aromatic rings. The zero-order chi connectivity index (χ0) is 12.5. The van der Waals surface area contributed by atoms with Crippen LogP contribution in [0.3, 0.4) is 0 Å². The number of carbonyl (C=O) groups excluding carboxylic acids is 1. The van der Waals surface area contributed by atoms with Crippen molar-refractivity contribution in [3.8, 4) is 0 Å². The minimum atomic E-state index is 0. The molecule has 0 aliphatic heterocycles. The number of halogens is 1. The highest BCUT2D eigenvalue weighted by Gasteiger charge is 2.07. The van der Waals surface area contributed by atoms with E-state index in [9.17, 15) is 4.79 Å². The maximum absolute atomic E-state index is 11.6. The molecule has 1 N–H and O–H groups in total. The number of aryl methyl sites for hydroxylation is 1. The largest absolute Gasteiger partial charge is 1.00 e. The van der Waals surface area contributed by atoms with Crippen LogP contribution < -0.4 is 21.5 Å². The number of aliphatic hydroxyl groups excluding tert-OH is 1. The van der Waals surface area contributed by atoms with E-state index < -0.39 is 0 Å². The molecule has 0 saturated carbocycles. The van der Waals surface area contributed by atoms with Gasteiger partial charge in [0.2, 0.25) is 5.91 Å². The van der Waals surface area contributed by atoms with Gasteiger partial charge in [0.1, 0.15) is 6.54 Å². The van der Waals surface area contributed by atoms with Gasteiger partial charge in [-0.05, 0) is 6.42 Å². The second kappa shape index (κ2) is 10.0. The van der Waals surface area contributed by atoms with Crippen LogP contribution in [0, 0.1) is 0 Å². The second-order valence-corrected chi connectivity index (χ2v) is 4.11. The summed E-state index contributed by atoms with van der Waals surface area (Å²) in [5.41, 5.74) is 0. The molecule has 1 amide bonds. The van der Waals surface area contributed by atoms with Crippen molar-refractivity contribution in [2.24, 2.45) is 0 Å². The van der Waals surface area contributed by atoms with Gasteiger partial charge in [-0.3, -0.25) is 4.79 Å². The summed E-state index contributed by atoms with van der Waals surface area (Å²) in [6, 6.07) is 5.99. The molecule has 0 aromatic carbocycles. The number of likely N-dealkylation sites (N-methyl/N-ethyl adjacent to an activating group) is 1. The number of nitrogens with zero attached hydrogens (tertiary/aromatic N) is 2. The topological polar surface area (TPSA) is 44.4 Å². The summed E-state index contributed by atoms with van der Waals surface area (Å²) in [4.78, 5) is 13.1. The Morgan fingerprint density at radius 1 is 1.22 bits per heavy atom. The van der Waals surface area contributed by atoms with E-state index in [1.807, 2.05) is 30.6 Å². The fourth-order valence-corrected chi connectivity index (χ4v) is 1.62. The Balaban J connectivity index is 0.00000289. The fourth-order valence-electron chi connectivity index (χ4n) is 1.62. The Kier molecular flexibility index (Phi) is 9.50. The third-order valence-electron chi connectivity index (χ3n) is 2.70. The Hall–Kier alpha value is -0.940. The van der Waals surface area contributed by atoms with Gasteiger partial charge in [0.25, 0.3) is 0 Å². The molecule has 1 aromatic heterocycles. The number of aliphatic hydroxyl groups is 1. The highest BCUT2D eigenvalue weighted by Crippen LogP contribution is 1.99. The molecular weight excluding hydrogens is 296 g/mol. The molecule has 0 radical (unpaired) electrons. The van der Waals surface area contributed by atoms with Crippen molar-refractivity contribution in [2.75, 3.05) is 20.2 Å². The monoisotopic (exact) mass is 316 g/mol. The van der Waals surface area contributed by atoms with Gasteiger partial charge in [0, 0.05) is 38.6 Å². The Labute approximate surface area is 119 Å². The van der Waals surface area contributed by atoms with E-state index in [0.717, 1.165) is 19.4 Å². The molecule has 0 atom stereocenters. The normalized spacial score (nSPS) is 9.67. The van der Waals surface area contributed by atoms with Crippen LogP contribution in [0.5, 0.6) is 0 Å². The molecule has 1 heterocycles. The van der Waals surface area contributed by atoms with E-state index in [1.54, 1.807) is 11.9 Å². The molecule has 18 heavy (non-hydrogen) atoms. The SMILES string of the molecule is CN(CCO)C(=O)CCCC[n+]1ccccc1.[Br-]. The number of aromatic nitrogens is 1. The van der Waals surface area contributed by atoms with Crippen molar-refractivity contribution in [1.82, 2.24) is 4.90 Å². The van der Waals surface area contributed by atoms with Crippen LogP contribution in [0.15, 0.2) is 30.6 Å². The van der Waals surface area contributed by atoms with Gasteiger partial charge in [0.15, 0.2) is 12.4 Å². The maximum Gasteiger partial charge on any atom is 0.222 e. The molecule has 0 aliphatic carbocycles. The second-order valence-electron chi connectivity index (χ2n) is 4.11. The van der Waals surface area contributed by atoms with Crippen molar-refractivity contribution in [1.29, 1.82) is 0 Å². The first-order valence-corrected chi connectivity index (χ1v) is 6.03. The van der Waals surface area contributed by atoms with E-state index in [-0.39, 0.29) is 29.5 Å². The van der Waals surface area contributed by atoms with E-state index >= 15 is 0 Å². The van der Waals surface area contributed by atoms with Crippen molar-refractivity contribution in [3.05, 3.63) is 30.6 Å². The zero-order valence-electron chi connectivity index (χ0n) is 10.8. The molecule has 5 heteroatoms. The first-order chi connectivity index (χ1) is 8.24. The molecule has 0 fully saturated rings. The average molecular weight is 317 g/mol. The number of rotatable bonds is 7. The summed E-state index contributed by atoms with van der Waals surface area (Å²) in [5.74, 6) is 0.108. The van der Waals surface area contributed by atoms with E-state index in [1.165, 1.54) is 0 Å². The summed E-state index contributed by atoms with van der Waals surface area (Å²) in [6.07, 6.45) is 6.49. The van der Waals surface area contributed by atoms with Crippen LogP contribution in [0.25, 0.3) is 0 Å². The van der Waals surface area contributed by atoms with Crippen molar-refractivity contribution >= 4 is 5.91 Å². The van der Waals surface area contributed by atoms with E-state index in [0.29, 0.717) is 13.0 Å².